The highest BCUT2D eigenvalue weighted by Gasteiger charge is 1.97. The van der Waals surface area contributed by atoms with Gasteiger partial charge >= 0.3 is 5.97 Å². The first-order valence-corrected chi connectivity index (χ1v) is 5.75. The van der Waals surface area contributed by atoms with Gasteiger partial charge < -0.3 is 14.4 Å². The fourth-order valence-corrected chi connectivity index (χ4v) is 1.26. The zero-order chi connectivity index (χ0) is 13.4. The van der Waals surface area contributed by atoms with Crippen LogP contribution in [0.3, 0.4) is 0 Å². The van der Waals surface area contributed by atoms with Gasteiger partial charge in [0.15, 0.2) is 0 Å². The number of carbonyl (C=O) groups excluding carboxylic acids is 1. The Kier molecular flexibility index (Phi) is 5.94. The number of carbonyl (C=O) groups is 1. The summed E-state index contributed by atoms with van der Waals surface area (Å²) >= 11 is 0. The molecule has 0 atom stereocenters. The summed E-state index contributed by atoms with van der Waals surface area (Å²) in [6, 6.07) is 7.44. The van der Waals surface area contributed by atoms with Crippen molar-refractivity contribution in [3.63, 3.8) is 0 Å². The number of hydrogen-bond donors (Lipinski definition) is 0. The molecule has 0 saturated heterocycles. The van der Waals surface area contributed by atoms with E-state index in [9.17, 15) is 4.79 Å². The van der Waals surface area contributed by atoms with Crippen molar-refractivity contribution in [2.24, 2.45) is 0 Å². The van der Waals surface area contributed by atoms with Gasteiger partial charge in [0.05, 0.1) is 7.11 Å². The second-order valence-electron chi connectivity index (χ2n) is 4.08. The van der Waals surface area contributed by atoms with E-state index in [2.05, 4.69) is 0 Å². The summed E-state index contributed by atoms with van der Waals surface area (Å²) in [5.74, 6) is 0.466. The maximum atomic E-state index is 11.4. The van der Waals surface area contributed by atoms with E-state index >= 15 is 0 Å². The quantitative estimate of drug-likeness (QED) is 0.569. The van der Waals surface area contributed by atoms with Crippen molar-refractivity contribution in [2.45, 2.75) is 0 Å². The Morgan fingerprint density at radius 3 is 2.50 bits per heavy atom. The number of methoxy groups -OCH3 is 1. The largest absolute Gasteiger partial charge is 0.497 e. The summed E-state index contributed by atoms with van der Waals surface area (Å²) in [5, 5.41) is 0. The lowest BCUT2D eigenvalue weighted by Gasteiger charge is -2.08. The van der Waals surface area contributed by atoms with Crippen molar-refractivity contribution in [1.29, 1.82) is 0 Å². The standard InChI is InChI=1S/C14H19NO3/c1-15(2)10-11-18-14(16)9-6-12-4-7-13(17-3)8-5-12/h4-9H,10-11H2,1-3H3. The van der Waals surface area contributed by atoms with Gasteiger partial charge in [-0.1, -0.05) is 12.1 Å². The highest BCUT2D eigenvalue weighted by molar-refractivity contribution is 5.87. The second kappa shape index (κ2) is 7.50. The molecule has 1 rings (SSSR count). The van der Waals surface area contributed by atoms with Crippen LogP contribution >= 0.6 is 0 Å². The zero-order valence-electron chi connectivity index (χ0n) is 11.1. The Bertz CT molecular complexity index is 396. The molecule has 4 heteroatoms. The van der Waals surface area contributed by atoms with Crippen LogP contribution in [0.4, 0.5) is 0 Å². The Morgan fingerprint density at radius 1 is 1.28 bits per heavy atom. The average Bonchev–Trinajstić information content (AvgIpc) is 2.36. The molecular formula is C14H19NO3. The first kappa shape index (κ1) is 14.3. The molecule has 0 unspecified atom stereocenters. The number of ether oxygens (including phenoxy) is 2. The molecule has 18 heavy (non-hydrogen) atoms. The molecular weight excluding hydrogens is 230 g/mol. The highest BCUT2D eigenvalue weighted by atomic mass is 16.5. The summed E-state index contributed by atoms with van der Waals surface area (Å²) in [5.41, 5.74) is 0.931. The van der Waals surface area contributed by atoms with Crippen LogP contribution in [0.1, 0.15) is 5.56 Å². The Morgan fingerprint density at radius 2 is 1.94 bits per heavy atom. The van der Waals surface area contributed by atoms with E-state index in [0.717, 1.165) is 17.9 Å². The van der Waals surface area contributed by atoms with Crippen LogP contribution < -0.4 is 4.74 Å². The molecule has 1 aromatic rings. The van der Waals surface area contributed by atoms with Crippen LogP contribution in [-0.2, 0) is 9.53 Å². The van der Waals surface area contributed by atoms with E-state index in [-0.39, 0.29) is 5.97 Å². The third kappa shape index (κ3) is 5.50. The maximum absolute atomic E-state index is 11.4. The Labute approximate surface area is 108 Å². The zero-order valence-corrected chi connectivity index (χ0v) is 11.1. The number of esters is 1. The van der Waals surface area contributed by atoms with Crippen LogP contribution in [0, 0.1) is 0 Å². The molecule has 0 heterocycles. The van der Waals surface area contributed by atoms with Crippen molar-refractivity contribution >= 4 is 12.0 Å². The van der Waals surface area contributed by atoms with E-state index in [0.29, 0.717) is 6.61 Å². The summed E-state index contributed by atoms with van der Waals surface area (Å²) in [7, 11) is 5.48. The minimum Gasteiger partial charge on any atom is -0.497 e. The average molecular weight is 249 g/mol. The fourth-order valence-electron chi connectivity index (χ4n) is 1.26. The third-order valence-electron chi connectivity index (χ3n) is 2.31. The lowest BCUT2D eigenvalue weighted by molar-refractivity contribution is -0.137. The Balaban J connectivity index is 2.40. The van der Waals surface area contributed by atoms with Gasteiger partial charge in [-0.3, -0.25) is 0 Å². The third-order valence-corrected chi connectivity index (χ3v) is 2.31. The van der Waals surface area contributed by atoms with Gasteiger partial charge in [0, 0.05) is 12.6 Å². The molecule has 0 aliphatic carbocycles. The molecule has 0 fully saturated rings. The van der Waals surface area contributed by atoms with Crippen LogP contribution in [0.25, 0.3) is 6.08 Å². The molecule has 1 aromatic carbocycles. The van der Waals surface area contributed by atoms with Crippen molar-refractivity contribution in [3.8, 4) is 5.75 Å². The van der Waals surface area contributed by atoms with Gasteiger partial charge in [-0.05, 0) is 37.9 Å². The molecule has 0 radical (unpaired) electrons. The van der Waals surface area contributed by atoms with Crippen molar-refractivity contribution in [1.82, 2.24) is 4.90 Å². The highest BCUT2D eigenvalue weighted by Crippen LogP contribution is 2.12. The van der Waals surface area contributed by atoms with Crippen molar-refractivity contribution in [3.05, 3.63) is 35.9 Å². The number of hydrogen-bond acceptors (Lipinski definition) is 4. The summed E-state index contributed by atoms with van der Waals surface area (Å²) in [6.45, 7) is 1.13. The molecule has 0 aliphatic heterocycles. The molecule has 0 saturated carbocycles. The van der Waals surface area contributed by atoms with Crippen molar-refractivity contribution < 1.29 is 14.3 Å². The van der Waals surface area contributed by atoms with Gasteiger partial charge in [-0.25, -0.2) is 4.79 Å². The van der Waals surface area contributed by atoms with E-state index < -0.39 is 0 Å². The molecule has 0 aliphatic rings. The minimum absolute atomic E-state index is 0.326. The topological polar surface area (TPSA) is 38.8 Å². The second-order valence-corrected chi connectivity index (χ2v) is 4.08. The summed E-state index contributed by atoms with van der Waals surface area (Å²) < 4.78 is 10.1. The predicted octanol–water partition coefficient (Wildman–Crippen LogP) is 1.81. The van der Waals surface area contributed by atoms with E-state index in [1.807, 2.05) is 43.3 Å². The van der Waals surface area contributed by atoms with E-state index in [4.69, 9.17) is 9.47 Å². The summed E-state index contributed by atoms with van der Waals surface area (Å²) in [6.07, 6.45) is 3.15. The van der Waals surface area contributed by atoms with Crippen LogP contribution in [-0.4, -0.2) is 45.2 Å². The SMILES string of the molecule is COc1ccc(C=CC(=O)OCCN(C)C)cc1. The molecule has 0 spiro atoms. The van der Waals surface area contributed by atoms with Crippen LogP contribution in [0.2, 0.25) is 0 Å². The molecule has 0 N–H and O–H groups in total. The molecule has 0 bridgehead atoms. The summed E-state index contributed by atoms with van der Waals surface area (Å²) in [4.78, 5) is 13.3. The predicted molar refractivity (Wildman–Crippen MR) is 71.5 cm³/mol. The van der Waals surface area contributed by atoms with Gasteiger partial charge in [0.25, 0.3) is 0 Å². The number of likely N-dealkylation sites (N-methyl/N-ethyl adjacent to an activating group) is 1. The van der Waals surface area contributed by atoms with Gasteiger partial charge in [-0.2, -0.15) is 0 Å². The fraction of sp³-hybridized carbons (Fsp3) is 0.357. The van der Waals surface area contributed by atoms with Crippen LogP contribution in [0.15, 0.2) is 30.3 Å². The van der Waals surface area contributed by atoms with Crippen molar-refractivity contribution in [2.75, 3.05) is 34.4 Å². The molecule has 4 nitrogen and oxygen atoms in total. The number of benzene rings is 1. The molecule has 0 amide bonds. The first-order chi connectivity index (χ1) is 8.61. The van der Waals surface area contributed by atoms with Crippen LogP contribution in [0.5, 0.6) is 5.75 Å². The van der Waals surface area contributed by atoms with E-state index in [1.54, 1.807) is 13.2 Å². The maximum Gasteiger partial charge on any atom is 0.330 e. The Hall–Kier alpha value is -1.81. The smallest absolute Gasteiger partial charge is 0.330 e. The molecule has 98 valence electrons. The van der Waals surface area contributed by atoms with Gasteiger partial charge in [0.1, 0.15) is 12.4 Å². The lowest BCUT2D eigenvalue weighted by atomic mass is 10.2. The first-order valence-electron chi connectivity index (χ1n) is 5.75. The van der Waals surface area contributed by atoms with Gasteiger partial charge in [-0.15, -0.1) is 0 Å². The molecule has 0 aromatic heterocycles. The number of nitrogens with zero attached hydrogens (tertiary/aromatic N) is 1. The lowest BCUT2D eigenvalue weighted by Crippen LogP contribution is -2.19. The normalized spacial score (nSPS) is 10.9. The number of rotatable bonds is 6. The monoisotopic (exact) mass is 249 g/mol. The minimum atomic E-state index is -0.326. The van der Waals surface area contributed by atoms with Gasteiger partial charge in [0.2, 0.25) is 0 Å². The van der Waals surface area contributed by atoms with E-state index in [1.165, 1.54) is 6.08 Å².